The Morgan fingerprint density at radius 2 is 2.30 bits per heavy atom. The molecule has 1 radical (unpaired) electrons. The van der Waals surface area contributed by atoms with Crippen LogP contribution in [0.3, 0.4) is 0 Å². The molecule has 0 fully saturated rings. The Morgan fingerprint density at radius 1 is 1.30 bits per heavy atom. The Kier molecular flexibility index (Phi) is 0.634. The minimum Gasteiger partial charge on any atom is -0.0608 e. The highest BCUT2D eigenvalue weighted by atomic mass is 14.2. The average molecular weight is 127 g/mol. The number of hydrogen-bond acceptors (Lipinski definition) is 0. The van der Waals surface area contributed by atoms with Crippen LogP contribution >= 0.6 is 0 Å². The van der Waals surface area contributed by atoms with Crippen molar-refractivity contribution in [3.05, 3.63) is 40.5 Å². The topological polar surface area (TPSA) is 0 Å². The van der Waals surface area contributed by atoms with E-state index in [2.05, 4.69) is 24.3 Å². The van der Waals surface area contributed by atoms with E-state index < -0.39 is 0 Å². The van der Waals surface area contributed by atoms with Crippen molar-refractivity contribution in [2.45, 2.75) is 12.8 Å². The lowest BCUT2D eigenvalue weighted by molar-refractivity contribution is 1.11. The predicted octanol–water partition coefficient (Wildman–Crippen LogP) is 1.98. The Balaban J connectivity index is 2.46. The third kappa shape index (κ3) is 0.431. The Bertz CT molecular complexity index is 328. The zero-order valence-corrected chi connectivity index (χ0v) is 5.65. The van der Waals surface area contributed by atoms with Crippen molar-refractivity contribution >= 4 is 6.08 Å². The summed E-state index contributed by atoms with van der Waals surface area (Å²) in [7, 11) is 0. The van der Waals surface area contributed by atoms with Gasteiger partial charge in [-0.3, -0.25) is 0 Å². The number of hydrogen-bond donors (Lipinski definition) is 0. The first-order chi connectivity index (χ1) is 4.92. The lowest BCUT2D eigenvalue weighted by Gasteiger charge is -2.03. The van der Waals surface area contributed by atoms with Gasteiger partial charge in [0.15, 0.2) is 0 Å². The van der Waals surface area contributed by atoms with Crippen molar-refractivity contribution < 1.29 is 0 Å². The van der Waals surface area contributed by atoms with Gasteiger partial charge in [-0.1, -0.05) is 23.8 Å². The second kappa shape index (κ2) is 1.34. The number of benzene rings is 1. The zero-order valence-electron chi connectivity index (χ0n) is 5.65. The van der Waals surface area contributed by atoms with Crippen molar-refractivity contribution in [2.24, 2.45) is 0 Å². The van der Waals surface area contributed by atoms with E-state index in [4.69, 9.17) is 0 Å². The first kappa shape index (κ1) is 4.73. The van der Waals surface area contributed by atoms with Gasteiger partial charge < -0.3 is 0 Å². The van der Waals surface area contributed by atoms with Gasteiger partial charge >= 0.3 is 0 Å². The third-order valence-corrected chi connectivity index (χ3v) is 2.32. The van der Waals surface area contributed by atoms with Crippen LogP contribution < -0.4 is 0 Å². The van der Waals surface area contributed by atoms with E-state index >= 15 is 0 Å². The maximum Gasteiger partial charge on any atom is -0.00483 e. The van der Waals surface area contributed by atoms with E-state index in [1.54, 1.807) is 5.57 Å². The summed E-state index contributed by atoms with van der Waals surface area (Å²) in [4.78, 5) is 0. The van der Waals surface area contributed by atoms with E-state index in [0.29, 0.717) is 0 Å². The van der Waals surface area contributed by atoms with Gasteiger partial charge in [0.25, 0.3) is 0 Å². The summed E-state index contributed by atoms with van der Waals surface area (Å²) in [5, 5.41) is 0. The van der Waals surface area contributed by atoms with Gasteiger partial charge in [0.1, 0.15) is 0 Å². The highest BCUT2D eigenvalue weighted by Crippen LogP contribution is 2.32. The summed E-state index contributed by atoms with van der Waals surface area (Å²) >= 11 is 0. The van der Waals surface area contributed by atoms with Crippen molar-refractivity contribution in [1.82, 2.24) is 0 Å². The molecule has 0 atom stereocenters. The zero-order chi connectivity index (χ0) is 6.55. The monoisotopic (exact) mass is 127 g/mol. The predicted molar refractivity (Wildman–Crippen MR) is 40.7 cm³/mol. The van der Waals surface area contributed by atoms with Crippen LogP contribution in [0.25, 0.3) is 6.08 Å². The van der Waals surface area contributed by atoms with Crippen molar-refractivity contribution in [3.8, 4) is 0 Å². The molecule has 3 rings (SSSR count). The fourth-order valence-electron chi connectivity index (χ4n) is 1.85. The normalized spacial score (nSPS) is 17.8. The van der Waals surface area contributed by atoms with Gasteiger partial charge in [0, 0.05) is 0 Å². The second-order valence-corrected chi connectivity index (χ2v) is 3.10. The Hall–Kier alpha value is -1.04. The summed E-state index contributed by atoms with van der Waals surface area (Å²) in [6.07, 6.45) is 4.63. The molecule has 0 aliphatic heterocycles. The van der Waals surface area contributed by atoms with Gasteiger partial charge in [-0.25, -0.2) is 0 Å². The molecule has 47 valence electrons. The van der Waals surface area contributed by atoms with Crippen LogP contribution in [0.1, 0.15) is 16.7 Å². The Morgan fingerprint density at radius 3 is 3.30 bits per heavy atom. The minimum absolute atomic E-state index is 1.16. The van der Waals surface area contributed by atoms with Gasteiger partial charge in [-0.15, -0.1) is 0 Å². The molecule has 0 spiro atoms. The van der Waals surface area contributed by atoms with Crippen molar-refractivity contribution in [2.75, 3.05) is 0 Å². The maximum atomic E-state index is 3.31. The molecule has 3 bridgehead atoms. The third-order valence-electron chi connectivity index (χ3n) is 2.32. The highest BCUT2D eigenvalue weighted by Gasteiger charge is 2.18. The van der Waals surface area contributed by atoms with Crippen molar-refractivity contribution in [3.63, 3.8) is 0 Å². The van der Waals surface area contributed by atoms with Gasteiger partial charge in [-0.05, 0) is 35.6 Å². The first-order valence-electron chi connectivity index (χ1n) is 3.65. The van der Waals surface area contributed by atoms with Crippen LogP contribution in [0.2, 0.25) is 0 Å². The SMILES string of the molecule is [c]1cc2cc3c1CC(=C3)C2. The van der Waals surface area contributed by atoms with E-state index in [1.807, 2.05) is 0 Å². The Labute approximate surface area is 60.2 Å². The number of allylic oxidation sites excluding steroid dienone is 1. The molecule has 0 saturated heterocycles. The first-order valence-corrected chi connectivity index (χ1v) is 3.65. The lowest BCUT2D eigenvalue weighted by atomic mass is 10.0. The van der Waals surface area contributed by atoms with Crippen LogP contribution in [-0.2, 0) is 12.8 Å². The van der Waals surface area contributed by atoms with Crippen LogP contribution in [-0.4, -0.2) is 0 Å². The quantitative estimate of drug-likeness (QED) is 0.500. The molecule has 1 aromatic rings. The molecule has 0 nitrogen and oxygen atoms in total. The summed E-state index contributed by atoms with van der Waals surface area (Å²) in [5.41, 5.74) is 5.83. The summed E-state index contributed by atoms with van der Waals surface area (Å²) < 4.78 is 0. The molecule has 0 heteroatoms. The standard InChI is InChI=1S/C10H7/c1-2-9-5-8-3-7(1)4-10(9)6-8/h1,4,6H,3,5H2. The lowest BCUT2D eigenvalue weighted by Crippen LogP contribution is -1.88. The van der Waals surface area contributed by atoms with Crippen LogP contribution in [0.4, 0.5) is 0 Å². The molecule has 0 unspecified atom stereocenters. The van der Waals surface area contributed by atoms with Gasteiger partial charge in [-0.2, -0.15) is 0 Å². The van der Waals surface area contributed by atoms with E-state index in [9.17, 15) is 0 Å². The molecule has 0 saturated carbocycles. The van der Waals surface area contributed by atoms with E-state index in [0.717, 1.165) is 6.42 Å². The van der Waals surface area contributed by atoms with Crippen LogP contribution in [0, 0.1) is 6.07 Å². The minimum atomic E-state index is 1.16. The second-order valence-electron chi connectivity index (χ2n) is 3.10. The van der Waals surface area contributed by atoms with E-state index in [-0.39, 0.29) is 0 Å². The molecule has 1 aromatic carbocycles. The molecule has 10 heavy (non-hydrogen) atoms. The van der Waals surface area contributed by atoms with Crippen molar-refractivity contribution in [1.29, 1.82) is 0 Å². The van der Waals surface area contributed by atoms with Gasteiger partial charge in [0.2, 0.25) is 0 Å². The summed E-state index contributed by atoms with van der Waals surface area (Å²) in [5.74, 6) is 0. The molecule has 0 N–H and O–H groups in total. The average Bonchev–Trinajstić information content (AvgIpc) is 2.11. The highest BCUT2D eigenvalue weighted by molar-refractivity contribution is 5.67. The fourth-order valence-corrected chi connectivity index (χ4v) is 1.85. The maximum absolute atomic E-state index is 3.31. The number of fused-ring (bicyclic) bond motifs is 1. The molecule has 0 heterocycles. The molecular weight excluding hydrogens is 120 g/mol. The molecule has 2 aliphatic carbocycles. The fraction of sp³-hybridized carbons (Fsp3) is 0.200. The largest absolute Gasteiger partial charge is 0.0608 e. The molecule has 0 amide bonds. The van der Waals surface area contributed by atoms with Crippen LogP contribution in [0.5, 0.6) is 0 Å². The molecule has 0 aromatic heterocycles. The number of rotatable bonds is 0. The smallest absolute Gasteiger partial charge is 0.00483 e. The molecule has 2 aliphatic rings. The van der Waals surface area contributed by atoms with E-state index in [1.165, 1.54) is 23.1 Å². The molecular formula is C10H7. The summed E-state index contributed by atoms with van der Waals surface area (Å²) in [6, 6.07) is 7.71. The van der Waals surface area contributed by atoms with Crippen LogP contribution in [0.15, 0.2) is 17.7 Å². The van der Waals surface area contributed by atoms with Gasteiger partial charge in [0.05, 0.1) is 0 Å². The summed E-state index contributed by atoms with van der Waals surface area (Å²) in [6.45, 7) is 0.